The van der Waals surface area contributed by atoms with E-state index in [2.05, 4.69) is 50.0 Å². The maximum absolute atomic E-state index is 15.4. The van der Waals surface area contributed by atoms with Gasteiger partial charge < -0.3 is 4.42 Å². The summed E-state index contributed by atoms with van der Waals surface area (Å²) in [5.41, 5.74) is 7.55. The van der Waals surface area contributed by atoms with Gasteiger partial charge in [-0.2, -0.15) is 0 Å². The van der Waals surface area contributed by atoms with Crippen LogP contribution in [0.4, 0.5) is 4.39 Å². The normalized spacial score (nSPS) is 11.9. The molecule has 2 heterocycles. The molecule has 0 fully saturated rings. The predicted molar refractivity (Wildman–Crippen MR) is 146 cm³/mol. The predicted octanol–water partition coefficient (Wildman–Crippen LogP) is 9.42. The van der Waals surface area contributed by atoms with Gasteiger partial charge in [-0.3, -0.25) is 4.98 Å². The molecule has 2 nitrogen and oxygen atoms in total. The summed E-state index contributed by atoms with van der Waals surface area (Å²) >= 11 is 0. The van der Waals surface area contributed by atoms with Gasteiger partial charge in [0.1, 0.15) is 17.0 Å². The third kappa shape index (κ3) is 3.68. The van der Waals surface area contributed by atoms with Crippen molar-refractivity contribution in [3.05, 3.63) is 115 Å². The van der Waals surface area contributed by atoms with Gasteiger partial charge in [-0.05, 0) is 58.0 Å². The number of halogens is 1. The lowest BCUT2D eigenvalue weighted by Crippen LogP contribution is -2.11. The number of fused-ring (bicyclic) bond motifs is 3. The van der Waals surface area contributed by atoms with Gasteiger partial charge in [-0.1, -0.05) is 87.5 Å². The highest BCUT2D eigenvalue weighted by Crippen LogP contribution is 2.44. The Bertz CT molecular complexity index is 1690. The van der Waals surface area contributed by atoms with Crippen LogP contribution in [0.15, 0.2) is 108 Å². The third-order valence-corrected chi connectivity index (χ3v) is 6.77. The van der Waals surface area contributed by atoms with Gasteiger partial charge in [-0.15, -0.1) is 0 Å². The number of nitrogens with zero attached hydrogens (tertiary/aromatic N) is 1. The summed E-state index contributed by atoms with van der Waals surface area (Å²) < 4.78 is 22.0. The fraction of sp³-hybridized carbons (Fsp3) is 0.121. The number of pyridine rings is 1. The summed E-state index contributed by atoms with van der Waals surface area (Å²) in [6.45, 7) is 6.56. The summed E-state index contributed by atoms with van der Waals surface area (Å²) in [6, 6.07) is 31.6. The van der Waals surface area contributed by atoms with Crippen LogP contribution in [-0.4, -0.2) is 4.98 Å². The Labute approximate surface area is 210 Å². The van der Waals surface area contributed by atoms with Crippen molar-refractivity contribution >= 4 is 21.9 Å². The lowest BCUT2D eigenvalue weighted by Gasteiger charge is -2.21. The van der Waals surface area contributed by atoms with Gasteiger partial charge in [0.2, 0.25) is 0 Å². The van der Waals surface area contributed by atoms with Gasteiger partial charge in [0.25, 0.3) is 0 Å². The Morgan fingerprint density at radius 2 is 1.36 bits per heavy atom. The van der Waals surface area contributed by atoms with E-state index in [1.807, 2.05) is 66.7 Å². The van der Waals surface area contributed by atoms with Gasteiger partial charge >= 0.3 is 0 Å². The Morgan fingerprint density at radius 3 is 2.06 bits per heavy atom. The highest BCUT2D eigenvalue weighted by atomic mass is 19.1. The van der Waals surface area contributed by atoms with E-state index in [1.165, 1.54) is 0 Å². The van der Waals surface area contributed by atoms with Crippen LogP contribution in [0.5, 0.6) is 0 Å². The summed E-state index contributed by atoms with van der Waals surface area (Å²) in [6.07, 6.45) is 1.78. The molecule has 0 saturated heterocycles. The SMILES string of the molecule is CC(C)(C)c1ccc(-c2ccccn2)c2oc3c(-c4ccc(-c5ccccc5)cc4)c(F)ccc3c12. The molecule has 0 spiro atoms. The topological polar surface area (TPSA) is 26.0 Å². The van der Waals surface area contributed by atoms with Crippen LogP contribution in [0.25, 0.3) is 55.4 Å². The molecule has 4 aromatic carbocycles. The minimum atomic E-state index is -0.300. The first-order chi connectivity index (χ1) is 17.4. The zero-order valence-corrected chi connectivity index (χ0v) is 20.5. The molecule has 0 bridgehead atoms. The van der Waals surface area contributed by atoms with E-state index in [4.69, 9.17) is 4.42 Å². The Balaban J connectivity index is 1.62. The Kier molecular flexibility index (Phi) is 5.22. The van der Waals surface area contributed by atoms with E-state index in [0.717, 1.165) is 49.9 Å². The molecular weight excluding hydrogens is 445 g/mol. The zero-order valence-electron chi connectivity index (χ0n) is 20.5. The van der Waals surface area contributed by atoms with E-state index in [-0.39, 0.29) is 11.2 Å². The van der Waals surface area contributed by atoms with Crippen LogP contribution >= 0.6 is 0 Å². The summed E-state index contributed by atoms with van der Waals surface area (Å²) in [5.74, 6) is -0.300. The fourth-order valence-corrected chi connectivity index (χ4v) is 5.00. The van der Waals surface area contributed by atoms with E-state index in [0.29, 0.717) is 11.1 Å². The molecule has 0 N–H and O–H groups in total. The van der Waals surface area contributed by atoms with Crippen molar-refractivity contribution in [2.45, 2.75) is 26.2 Å². The molecule has 0 radical (unpaired) electrons. The van der Waals surface area contributed by atoms with E-state index in [9.17, 15) is 0 Å². The van der Waals surface area contributed by atoms with Crippen molar-refractivity contribution in [1.29, 1.82) is 0 Å². The molecule has 2 aromatic heterocycles. The monoisotopic (exact) mass is 471 g/mol. The van der Waals surface area contributed by atoms with Crippen LogP contribution in [-0.2, 0) is 5.41 Å². The van der Waals surface area contributed by atoms with Gasteiger partial charge in [0.15, 0.2) is 0 Å². The number of hydrogen-bond acceptors (Lipinski definition) is 2. The van der Waals surface area contributed by atoms with Gasteiger partial charge in [0.05, 0.1) is 11.3 Å². The average molecular weight is 472 g/mol. The first-order valence-corrected chi connectivity index (χ1v) is 12.2. The standard InChI is InChI=1S/C33H26FNO/c1-33(2,3)26-18-16-24(28-11-7-8-20-35-28)31-30(26)25-17-19-27(34)29(32(25)36-31)23-14-12-22(13-15-23)21-9-5-4-6-10-21/h4-20H,1-3H3. The summed E-state index contributed by atoms with van der Waals surface area (Å²) in [4.78, 5) is 4.56. The van der Waals surface area contributed by atoms with Gasteiger partial charge in [0, 0.05) is 22.5 Å². The van der Waals surface area contributed by atoms with E-state index in [1.54, 1.807) is 12.3 Å². The van der Waals surface area contributed by atoms with Crippen molar-refractivity contribution in [2.75, 3.05) is 0 Å². The first kappa shape index (κ1) is 22.2. The molecule has 176 valence electrons. The summed E-state index contributed by atoms with van der Waals surface area (Å²) in [7, 11) is 0. The molecule has 0 unspecified atom stereocenters. The number of furan rings is 1. The largest absolute Gasteiger partial charge is 0.455 e. The number of benzene rings is 4. The van der Waals surface area contributed by atoms with Crippen molar-refractivity contribution in [2.24, 2.45) is 0 Å². The fourth-order valence-electron chi connectivity index (χ4n) is 5.00. The molecule has 6 rings (SSSR count). The van der Waals surface area contributed by atoms with Crippen LogP contribution < -0.4 is 0 Å². The second kappa shape index (κ2) is 8.46. The van der Waals surface area contributed by atoms with Crippen LogP contribution in [0.1, 0.15) is 26.3 Å². The highest BCUT2D eigenvalue weighted by Gasteiger charge is 2.25. The van der Waals surface area contributed by atoms with Crippen LogP contribution in [0, 0.1) is 5.82 Å². The Morgan fingerprint density at radius 1 is 0.667 bits per heavy atom. The number of rotatable bonds is 3. The molecule has 0 atom stereocenters. The van der Waals surface area contributed by atoms with Crippen LogP contribution in [0.2, 0.25) is 0 Å². The van der Waals surface area contributed by atoms with Crippen molar-refractivity contribution in [3.8, 4) is 33.5 Å². The minimum absolute atomic E-state index is 0.121. The van der Waals surface area contributed by atoms with Crippen LogP contribution in [0.3, 0.4) is 0 Å². The molecule has 0 amide bonds. The number of hydrogen-bond donors (Lipinski definition) is 0. The minimum Gasteiger partial charge on any atom is -0.455 e. The molecular formula is C33H26FNO. The van der Waals surface area contributed by atoms with Gasteiger partial charge in [-0.25, -0.2) is 4.39 Å². The maximum Gasteiger partial charge on any atom is 0.146 e. The van der Waals surface area contributed by atoms with Crippen molar-refractivity contribution < 1.29 is 8.81 Å². The molecule has 3 heteroatoms. The number of aromatic nitrogens is 1. The third-order valence-electron chi connectivity index (χ3n) is 6.77. The van der Waals surface area contributed by atoms with E-state index < -0.39 is 0 Å². The molecule has 0 saturated carbocycles. The molecule has 6 aromatic rings. The molecule has 0 aliphatic carbocycles. The Hall–Kier alpha value is -4.24. The molecule has 0 aliphatic rings. The first-order valence-electron chi connectivity index (χ1n) is 12.2. The smallest absolute Gasteiger partial charge is 0.146 e. The molecule has 0 aliphatic heterocycles. The second-order valence-electron chi connectivity index (χ2n) is 10.2. The summed E-state index contributed by atoms with van der Waals surface area (Å²) in [5, 5.41) is 1.93. The zero-order chi connectivity index (χ0) is 24.9. The lowest BCUT2D eigenvalue weighted by molar-refractivity contribution is 0.594. The van der Waals surface area contributed by atoms with Crippen molar-refractivity contribution in [1.82, 2.24) is 4.98 Å². The molecule has 36 heavy (non-hydrogen) atoms. The van der Waals surface area contributed by atoms with Crippen molar-refractivity contribution in [3.63, 3.8) is 0 Å². The highest BCUT2D eigenvalue weighted by molar-refractivity contribution is 6.14. The lowest BCUT2D eigenvalue weighted by atomic mass is 9.83. The maximum atomic E-state index is 15.4. The quantitative estimate of drug-likeness (QED) is 0.257. The van der Waals surface area contributed by atoms with E-state index >= 15 is 4.39 Å². The second-order valence-corrected chi connectivity index (χ2v) is 10.2. The average Bonchev–Trinajstić information content (AvgIpc) is 3.28.